The maximum atomic E-state index is 12.7. The lowest BCUT2D eigenvalue weighted by Crippen LogP contribution is -2.09. The minimum Gasteiger partial charge on any atom is -0.481 e. The van der Waals surface area contributed by atoms with Crippen molar-refractivity contribution in [2.24, 2.45) is 0 Å². The summed E-state index contributed by atoms with van der Waals surface area (Å²) in [6.07, 6.45) is -2.76. The molecule has 0 aliphatic heterocycles. The Balaban J connectivity index is 2.66. The van der Waals surface area contributed by atoms with Crippen LogP contribution in [-0.2, 0) is 0 Å². The summed E-state index contributed by atoms with van der Waals surface area (Å²) in [4.78, 5) is 15.5. The molecule has 2 rings (SSSR count). The molecule has 2 aromatic heterocycles. The number of aromatic nitrogens is 3. The number of nitrogens with zero attached hydrogens (tertiary/aromatic N) is 3. The van der Waals surface area contributed by atoms with E-state index in [0.29, 0.717) is 0 Å². The fraction of sp³-hybridized carbons (Fsp3) is 0.250. The zero-order valence-corrected chi connectivity index (χ0v) is 11.4. The number of alkyl halides is 2. The monoisotopic (exact) mass is 301 g/mol. The second-order valence-electron chi connectivity index (χ2n) is 3.89. The molecule has 0 aliphatic rings. The Labute approximate surface area is 118 Å². The number of rotatable bonds is 4. The summed E-state index contributed by atoms with van der Waals surface area (Å²) in [5.41, 5.74) is -0.269. The lowest BCUT2D eigenvalue weighted by atomic mass is 10.2. The number of hydrogen-bond acceptors (Lipinski definition) is 4. The molecular formula is C12H10ClF2N3O2. The van der Waals surface area contributed by atoms with E-state index < -0.39 is 12.1 Å². The van der Waals surface area contributed by atoms with Gasteiger partial charge in [-0.25, -0.2) is 13.8 Å². The molecule has 0 unspecified atom stereocenters. The smallest absolute Gasteiger partial charge is 0.282 e. The Morgan fingerprint density at radius 3 is 2.70 bits per heavy atom. The van der Waals surface area contributed by atoms with E-state index in [0.717, 1.165) is 10.7 Å². The molecule has 0 aliphatic carbocycles. The van der Waals surface area contributed by atoms with E-state index in [4.69, 9.17) is 16.3 Å². The maximum absolute atomic E-state index is 12.7. The third kappa shape index (κ3) is 2.62. The molecule has 2 aromatic rings. The van der Waals surface area contributed by atoms with E-state index >= 15 is 0 Å². The van der Waals surface area contributed by atoms with Gasteiger partial charge < -0.3 is 4.74 Å². The van der Waals surface area contributed by atoms with Crippen LogP contribution >= 0.6 is 11.6 Å². The Hall–Kier alpha value is -2.02. The minimum atomic E-state index is -2.76. The average Bonchev–Trinajstić information content (AvgIpc) is 2.82. The highest BCUT2D eigenvalue weighted by molar-refractivity contribution is 6.29. The van der Waals surface area contributed by atoms with E-state index in [1.165, 1.54) is 26.2 Å². The van der Waals surface area contributed by atoms with Crippen molar-refractivity contribution in [3.05, 3.63) is 34.6 Å². The highest BCUT2D eigenvalue weighted by Gasteiger charge is 2.21. The van der Waals surface area contributed by atoms with Crippen LogP contribution in [0, 0.1) is 0 Å². The number of pyridine rings is 1. The van der Waals surface area contributed by atoms with Gasteiger partial charge in [-0.1, -0.05) is 11.6 Å². The van der Waals surface area contributed by atoms with Crippen LogP contribution in [0.15, 0.2) is 18.2 Å². The van der Waals surface area contributed by atoms with Gasteiger partial charge in [0.2, 0.25) is 5.88 Å². The predicted octanol–water partition coefficient (Wildman–Crippen LogP) is 3.07. The van der Waals surface area contributed by atoms with Crippen molar-refractivity contribution in [2.75, 3.05) is 7.11 Å². The zero-order chi connectivity index (χ0) is 14.9. The van der Waals surface area contributed by atoms with Crippen LogP contribution in [0.1, 0.15) is 29.4 Å². The molecule has 2 heterocycles. The van der Waals surface area contributed by atoms with Crippen LogP contribution in [0.5, 0.6) is 5.88 Å². The molecule has 0 fully saturated rings. The Bertz CT molecular complexity index is 658. The Kier molecular flexibility index (Phi) is 3.99. The molecule has 0 radical (unpaired) electrons. The van der Waals surface area contributed by atoms with E-state index in [1.807, 2.05) is 0 Å². The quantitative estimate of drug-likeness (QED) is 0.643. The number of carbonyl (C=O) groups excluding carboxylic acids is 1. The number of halogens is 3. The molecule has 5 nitrogen and oxygen atoms in total. The number of Topliss-reactive ketones (excluding diaryl/α,β-unsaturated/α-hetero) is 1. The van der Waals surface area contributed by atoms with Gasteiger partial charge in [0, 0.05) is 6.07 Å². The summed E-state index contributed by atoms with van der Waals surface area (Å²) >= 11 is 5.78. The number of hydrogen-bond donors (Lipinski definition) is 0. The van der Waals surface area contributed by atoms with Crippen LogP contribution in [0.2, 0.25) is 5.15 Å². The molecule has 0 amide bonds. The summed E-state index contributed by atoms with van der Waals surface area (Å²) < 4.78 is 31.4. The number of carbonyl (C=O) groups is 1. The largest absolute Gasteiger partial charge is 0.481 e. The van der Waals surface area contributed by atoms with Gasteiger partial charge >= 0.3 is 0 Å². The summed E-state index contributed by atoms with van der Waals surface area (Å²) in [6, 6.07) is 3.97. The third-order valence-corrected chi connectivity index (χ3v) is 2.76. The van der Waals surface area contributed by atoms with Gasteiger partial charge in [0.1, 0.15) is 10.8 Å². The maximum Gasteiger partial charge on any atom is 0.282 e. The molecule has 0 saturated heterocycles. The molecule has 0 saturated carbocycles. The average molecular weight is 302 g/mol. The van der Waals surface area contributed by atoms with E-state index in [9.17, 15) is 13.6 Å². The first-order chi connectivity index (χ1) is 9.43. The fourth-order valence-corrected chi connectivity index (χ4v) is 1.79. The van der Waals surface area contributed by atoms with Crippen LogP contribution in [0.3, 0.4) is 0 Å². The first-order valence-electron chi connectivity index (χ1n) is 5.54. The molecule has 20 heavy (non-hydrogen) atoms. The van der Waals surface area contributed by atoms with E-state index in [2.05, 4.69) is 10.1 Å². The van der Waals surface area contributed by atoms with E-state index in [1.54, 1.807) is 0 Å². The highest BCUT2D eigenvalue weighted by Crippen LogP contribution is 2.27. The molecule has 106 valence electrons. The fourth-order valence-electron chi connectivity index (χ4n) is 1.65. The zero-order valence-electron chi connectivity index (χ0n) is 10.6. The van der Waals surface area contributed by atoms with Crippen LogP contribution in [0.25, 0.3) is 5.82 Å². The van der Waals surface area contributed by atoms with Crippen molar-refractivity contribution < 1.29 is 18.3 Å². The van der Waals surface area contributed by atoms with Gasteiger partial charge in [-0.2, -0.15) is 9.78 Å². The molecular weight excluding hydrogens is 292 g/mol. The van der Waals surface area contributed by atoms with Gasteiger partial charge in [-0.3, -0.25) is 4.79 Å². The van der Waals surface area contributed by atoms with Gasteiger partial charge in [-0.15, -0.1) is 0 Å². The first kappa shape index (κ1) is 14.4. The highest BCUT2D eigenvalue weighted by atomic mass is 35.5. The number of ketones is 1. The molecule has 0 atom stereocenters. The number of methoxy groups -OCH3 is 1. The summed E-state index contributed by atoms with van der Waals surface area (Å²) in [5, 5.41) is 3.82. The molecule has 0 aromatic carbocycles. The second kappa shape index (κ2) is 5.54. The molecule has 0 spiro atoms. The summed E-state index contributed by atoms with van der Waals surface area (Å²) in [7, 11) is 1.31. The van der Waals surface area contributed by atoms with Crippen molar-refractivity contribution >= 4 is 17.4 Å². The molecule has 8 heteroatoms. The minimum absolute atomic E-state index is 0.0394. The number of ether oxygens (including phenoxy) is 1. The van der Waals surface area contributed by atoms with Gasteiger partial charge in [0.05, 0.1) is 12.7 Å². The van der Waals surface area contributed by atoms with Crippen molar-refractivity contribution in [1.29, 1.82) is 0 Å². The van der Waals surface area contributed by atoms with Crippen molar-refractivity contribution in [1.82, 2.24) is 14.8 Å². The lowest BCUT2D eigenvalue weighted by Gasteiger charge is -2.09. The van der Waals surface area contributed by atoms with Crippen molar-refractivity contribution in [3.63, 3.8) is 0 Å². The standard InChI is InChI=1S/C12H10ClF2N3O2/c1-6(19)7-3-4-9(13)16-12(7)18-10(20-2)5-8(17-18)11(14)15/h3-5,11H,1-2H3. The SMILES string of the molecule is COc1cc(C(F)F)nn1-c1nc(Cl)ccc1C(C)=O. The third-order valence-electron chi connectivity index (χ3n) is 2.55. The van der Waals surface area contributed by atoms with Gasteiger partial charge in [-0.05, 0) is 19.1 Å². The molecule has 0 bridgehead atoms. The summed E-state index contributed by atoms with van der Waals surface area (Å²) in [5.74, 6) is -0.202. The van der Waals surface area contributed by atoms with Gasteiger partial charge in [0.25, 0.3) is 6.43 Å². The van der Waals surface area contributed by atoms with Crippen LogP contribution in [0.4, 0.5) is 8.78 Å². The normalized spacial score (nSPS) is 10.9. The Morgan fingerprint density at radius 2 is 2.15 bits per heavy atom. The Morgan fingerprint density at radius 1 is 1.45 bits per heavy atom. The van der Waals surface area contributed by atoms with Crippen molar-refractivity contribution in [3.8, 4) is 11.7 Å². The van der Waals surface area contributed by atoms with Crippen LogP contribution < -0.4 is 4.74 Å². The predicted molar refractivity (Wildman–Crippen MR) is 67.9 cm³/mol. The first-order valence-corrected chi connectivity index (χ1v) is 5.91. The summed E-state index contributed by atoms with van der Waals surface area (Å²) in [6.45, 7) is 1.33. The topological polar surface area (TPSA) is 57.0 Å². The lowest BCUT2D eigenvalue weighted by molar-refractivity contribution is 0.101. The van der Waals surface area contributed by atoms with Crippen LogP contribution in [-0.4, -0.2) is 27.7 Å². The van der Waals surface area contributed by atoms with Crippen molar-refractivity contribution in [2.45, 2.75) is 13.3 Å². The molecule has 0 N–H and O–H groups in total. The van der Waals surface area contributed by atoms with E-state index in [-0.39, 0.29) is 28.2 Å². The second-order valence-corrected chi connectivity index (χ2v) is 4.27. The van der Waals surface area contributed by atoms with Gasteiger partial charge in [0.15, 0.2) is 11.6 Å².